The third kappa shape index (κ3) is 7.39. The van der Waals surface area contributed by atoms with Crippen LogP contribution in [-0.2, 0) is 31.9 Å². The number of esters is 1. The van der Waals surface area contributed by atoms with Crippen molar-refractivity contribution in [3.05, 3.63) is 74.9 Å². The zero-order valence-electron chi connectivity index (χ0n) is 34.2. The molecule has 3 aliphatic carbocycles. The molecule has 0 radical (unpaired) electrons. The van der Waals surface area contributed by atoms with Gasteiger partial charge in [-0.15, -0.1) is 0 Å². The number of ketones is 2. The number of allylic oxidation sites excluding steroid dienone is 7. The van der Waals surface area contributed by atoms with E-state index in [2.05, 4.69) is 24.8 Å². The number of hydrogen-bond donors (Lipinski definition) is 2. The zero-order chi connectivity index (χ0) is 39.9. The highest BCUT2D eigenvalue weighted by molar-refractivity contribution is 6.18. The van der Waals surface area contributed by atoms with Gasteiger partial charge in [-0.2, -0.15) is 0 Å². The van der Waals surface area contributed by atoms with Crippen molar-refractivity contribution in [2.75, 3.05) is 26.2 Å². The fourth-order valence-corrected chi connectivity index (χ4v) is 9.55. The van der Waals surface area contributed by atoms with E-state index in [9.17, 15) is 24.6 Å². The average molecular weight is 756 g/mol. The van der Waals surface area contributed by atoms with Crippen LogP contribution < -0.4 is 4.74 Å². The Labute approximate surface area is 327 Å². The standard InChI is InChI=1S/C46H61NO8/c1-28(2)14-12-15-30(5)17-19-33-38(48)34(18-16-29(3)4)41-37(39(33)49)40(50)35-26-32-27-36-44(7,8)55-45(42(32)51,46(35,36)54-41)21-20-31(6)43(52)53-25-13-24-47-22-10-9-11-23-47/h14,16-17,20,26,32,36,48-49H,9-13,15,18-19,21-25,27H2,1-8H3/b30-17+,31-20-. The number of carbonyl (C=O) groups is 3. The normalized spacial score (nSPS) is 26.9. The number of rotatable bonds is 14. The maximum atomic E-state index is 15.0. The summed E-state index contributed by atoms with van der Waals surface area (Å²) in [5, 5.41) is 23.8. The van der Waals surface area contributed by atoms with Crippen molar-refractivity contribution in [2.45, 2.75) is 136 Å². The van der Waals surface area contributed by atoms with Crippen LogP contribution in [0.3, 0.4) is 0 Å². The van der Waals surface area contributed by atoms with E-state index in [1.54, 1.807) is 19.1 Å². The second kappa shape index (κ2) is 15.9. The van der Waals surface area contributed by atoms with E-state index in [-0.39, 0.29) is 53.4 Å². The largest absolute Gasteiger partial charge is 0.507 e. The highest BCUT2D eigenvalue weighted by atomic mass is 16.6. The number of ether oxygens (including phenoxy) is 3. The van der Waals surface area contributed by atoms with Gasteiger partial charge in [0.1, 0.15) is 22.8 Å². The first kappa shape index (κ1) is 40.7. The van der Waals surface area contributed by atoms with E-state index in [0.717, 1.165) is 50.0 Å². The Bertz CT molecular complexity index is 1880. The molecule has 7 rings (SSSR count). The summed E-state index contributed by atoms with van der Waals surface area (Å²) < 4.78 is 19.6. The van der Waals surface area contributed by atoms with E-state index in [1.807, 2.05) is 46.8 Å². The van der Waals surface area contributed by atoms with E-state index in [1.165, 1.54) is 24.8 Å². The summed E-state index contributed by atoms with van der Waals surface area (Å²) in [6.45, 7) is 18.9. The van der Waals surface area contributed by atoms with Crippen LogP contribution in [0.1, 0.15) is 128 Å². The highest BCUT2D eigenvalue weighted by Gasteiger charge is 2.81. The van der Waals surface area contributed by atoms with Crippen LogP contribution in [0.4, 0.5) is 0 Å². The van der Waals surface area contributed by atoms with E-state index in [0.29, 0.717) is 29.7 Å². The molecule has 2 saturated heterocycles. The Morgan fingerprint density at radius 2 is 1.62 bits per heavy atom. The van der Waals surface area contributed by atoms with Gasteiger partial charge in [0.15, 0.2) is 22.8 Å². The first-order chi connectivity index (χ1) is 26.0. The Hall–Kier alpha value is -3.95. The van der Waals surface area contributed by atoms with Crippen molar-refractivity contribution in [1.29, 1.82) is 0 Å². The molecule has 0 amide bonds. The number of hydrogen-bond acceptors (Lipinski definition) is 9. The molecule has 4 bridgehead atoms. The third-order valence-electron chi connectivity index (χ3n) is 12.5. The van der Waals surface area contributed by atoms with Crippen LogP contribution >= 0.6 is 0 Å². The molecular formula is C46H61NO8. The molecule has 1 saturated carbocycles. The number of likely N-dealkylation sites (tertiary alicyclic amines) is 1. The molecule has 4 unspecified atom stereocenters. The van der Waals surface area contributed by atoms with Gasteiger partial charge in [-0.25, -0.2) is 4.79 Å². The number of carbonyl (C=O) groups excluding carboxylic acids is 3. The quantitative estimate of drug-likeness (QED) is 0.0832. The number of phenols is 2. The summed E-state index contributed by atoms with van der Waals surface area (Å²) in [5.74, 6) is -2.43. The lowest BCUT2D eigenvalue weighted by molar-refractivity contribution is -0.171. The second-order valence-electron chi connectivity index (χ2n) is 17.4. The molecular weight excluding hydrogens is 695 g/mol. The van der Waals surface area contributed by atoms with E-state index >= 15 is 0 Å². The molecule has 6 aliphatic rings. The van der Waals surface area contributed by atoms with Crippen molar-refractivity contribution in [3.8, 4) is 17.2 Å². The number of aromatic hydroxyl groups is 2. The second-order valence-corrected chi connectivity index (χ2v) is 17.4. The van der Waals surface area contributed by atoms with Gasteiger partial charge in [0.25, 0.3) is 0 Å². The van der Waals surface area contributed by atoms with Gasteiger partial charge in [0.2, 0.25) is 0 Å². The number of Topliss-reactive ketones (excluding diaryl/α,β-unsaturated/α-hetero) is 2. The van der Waals surface area contributed by atoms with Crippen molar-refractivity contribution in [1.82, 2.24) is 4.90 Å². The van der Waals surface area contributed by atoms with Crippen LogP contribution in [0.25, 0.3) is 0 Å². The summed E-state index contributed by atoms with van der Waals surface area (Å²) in [6, 6.07) is 0. The topological polar surface area (TPSA) is 123 Å². The number of phenolic OH excluding ortho intramolecular Hbond substituents is 2. The maximum absolute atomic E-state index is 15.0. The van der Waals surface area contributed by atoms with Gasteiger partial charge in [-0.05, 0) is 120 Å². The lowest BCUT2D eigenvalue weighted by atomic mass is 9.51. The molecule has 2 N–H and O–H groups in total. The molecule has 298 valence electrons. The van der Waals surface area contributed by atoms with E-state index in [4.69, 9.17) is 14.2 Å². The van der Waals surface area contributed by atoms with E-state index < -0.39 is 40.4 Å². The highest BCUT2D eigenvalue weighted by Crippen LogP contribution is 2.68. The van der Waals surface area contributed by atoms with Crippen LogP contribution in [0, 0.1) is 11.8 Å². The summed E-state index contributed by atoms with van der Waals surface area (Å²) >= 11 is 0. The Morgan fingerprint density at radius 1 is 0.927 bits per heavy atom. The van der Waals surface area contributed by atoms with Gasteiger partial charge in [-0.3, -0.25) is 9.59 Å². The monoisotopic (exact) mass is 755 g/mol. The minimum Gasteiger partial charge on any atom is -0.507 e. The molecule has 4 atom stereocenters. The fraction of sp³-hybridized carbons (Fsp3) is 0.587. The molecule has 1 aromatic carbocycles. The Balaban J connectivity index is 1.36. The average Bonchev–Trinajstić information content (AvgIpc) is 3.29. The van der Waals surface area contributed by atoms with Crippen LogP contribution in [0.2, 0.25) is 0 Å². The zero-order valence-corrected chi connectivity index (χ0v) is 34.2. The smallest absolute Gasteiger partial charge is 0.333 e. The minimum atomic E-state index is -1.62. The molecule has 1 aromatic rings. The number of fused-ring (bicyclic) bond motifs is 1. The molecule has 0 aromatic heterocycles. The lowest BCUT2D eigenvalue weighted by Crippen LogP contribution is -2.72. The fourth-order valence-electron chi connectivity index (χ4n) is 9.55. The van der Waals surface area contributed by atoms with Gasteiger partial charge in [0.05, 0.1) is 12.2 Å². The molecule has 55 heavy (non-hydrogen) atoms. The van der Waals surface area contributed by atoms with Gasteiger partial charge in [0, 0.05) is 47.1 Å². The lowest BCUT2D eigenvalue weighted by Gasteiger charge is -2.56. The van der Waals surface area contributed by atoms with Gasteiger partial charge in [-0.1, -0.05) is 53.5 Å². The van der Waals surface area contributed by atoms with Crippen molar-refractivity contribution in [2.24, 2.45) is 11.8 Å². The first-order valence-corrected chi connectivity index (χ1v) is 20.3. The van der Waals surface area contributed by atoms with Gasteiger partial charge >= 0.3 is 5.97 Å². The Morgan fingerprint density at radius 3 is 2.31 bits per heavy atom. The van der Waals surface area contributed by atoms with Crippen molar-refractivity contribution < 1.29 is 38.8 Å². The summed E-state index contributed by atoms with van der Waals surface area (Å²) in [5.41, 5.74) is 0.623. The molecule has 9 heteroatoms. The summed E-state index contributed by atoms with van der Waals surface area (Å²) in [4.78, 5) is 45.1. The summed E-state index contributed by atoms with van der Waals surface area (Å²) in [7, 11) is 0. The minimum absolute atomic E-state index is 0.00429. The molecule has 1 spiro atoms. The van der Waals surface area contributed by atoms with Crippen LogP contribution in [0.15, 0.2) is 58.2 Å². The Kier molecular flexibility index (Phi) is 11.8. The number of piperidine rings is 1. The molecule has 3 heterocycles. The molecule has 9 nitrogen and oxygen atoms in total. The number of nitrogens with zero attached hydrogens (tertiary/aromatic N) is 1. The number of benzene rings is 1. The molecule has 3 aliphatic heterocycles. The van der Waals surface area contributed by atoms with Crippen LogP contribution in [-0.4, -0.2) is 75.7 Å². The SMILES string of the molecule is CC(C)=CCC/C(C)=C/Cc1c(O)c(CC=C(C)C)c2c(c1O)C(=O)C1=CC3CC4C(C)(C)OC(C/C=C(/C)C(=O)OCCCN5CCCCC5)(C3=O)C14O2. The molecule has 3 fully saturated rings. The van der Waals surface area contributed by atoms with Crippen LogP contribution in [0.5, 0.6) is 17.2 Å². The van der Waals surface area contributed by atoms with Crippen molar-refractivity contribution >= 4 is 17.5 Å². The van der Waals surface area contributed by atoms with Gasteiger partial charge < -0.3 is 29.3 Å². The third-order valence-corrected chi connectivity index (χ3v) is 12.5. The maximum Gasteiger partial charge on any atom is 0.333 e. The van der Waals surface area contributed by atoms with Crippen molar-refractivity contribution in [3.63, 3.8) is 0 Å². The first-order valence-electron chi connectivity index (χ1n) is 20.3. The predicted molar refractivity (Wildman–Crippen MR) is 214 cm³/mol. The summed E-state index contributed by atoms with van der Waals surface area (Å²) in [6.07, 6.45) is 16.6. The predicted octanol–water partition coefficient (Wildman–Crippen LogP) is 8.60.